The standard InChI is InChI=1S/C16H22N2O/c1-11-7-8-18(10-11)16(19)14-9-12(2)17-15-6-4-3-5-13(14)15/h3-6,11-12,14,17H,7-10H2,1-2H3. The third kappa shape index (κ3) is 2.34. The first-order valence-electron chi connectivity index (χ1n) is 7.29. The molecule has 0 aromatic heterocycles. The minimum Gasteiger partial charge on any atom is -0.382 e. The summed E-state index contributed by atoms with van der Waals surface area (Å²) in [5, 5.41) is 3.47. The molecule has 102 valence electrons. The molecule has 1 fully saturated rings. The first kappa shape index (κ1) is 12.5. The molecule has 2 heterocycles. The zero-order valence-electron chi connectivity index (χ0n) is 11.7. The molecule has 0 bridgehead atoms. The predicted octanol–water partition coefficient (Wildman–Crippen LogP) is 2.84. The minimum absolute atomic E-state index is 0.0396. The van der Waals surface area contributed by atoms with Gasteiger partial charge in [-0.05, 0) is 37.3 Å². The highest BCUT2D eigenvalue weighted by molar-refractivity contribution is 5.86. The van der Waals surface area contributed by atoms with E-state index in [1.165, 1.54) is 5.56 Å². The van der Waals surface area contributed by atoms with Crippen molar-refractivity contribution < 1.29 is 4.79 Å². The number of likely N-dealkylation sites (tertiary alicyclic amines) is 1. The minimum atomic E-state index is 0.0396. The number of anilines is 1. The Morgan fingerprint density at radius 3 is 2.84 bits per heavy atom. The summed E-state index contributed by atoms with van der Waals surface area (Å²) in [7, 11) is 0. The zero-order chi connectivity index (χ0) is 13.4. The summed E-state index contributed by atoms with van der Waals surface area (Å²) in [6, 6.07) is 8.60. The maximum Gasteiger partial charge on any atom is 0.230 e. The van der Waals surface area contributed by atoms with E-state index in [-0.39, 0.29) is 5.92 Å². The van der Waals surface area contributed by atoms with Crippen LogP contribution in [-0.2, 0) is 4.79 Å². The molecule has 1 saturated heterocycles. The predicted molar refractivity (Wildman–Crippen MR) is 77.2 cm³/mol. The molecule has 2 aliphatic heterocycles. The average molecular weight is 258 g/mol. The second-order valence-electron chi connectivity index (χ2n) is 6.10. The summed E-state index contributed by atoms with van der Waals surface area (Å²) in [6.45, 7) is 6.24. The van der Waals surface area contributed by atoms with Gasteiger partial charge in [0.1, 0.15) is 0 Å². The smallest absolute Gasteiger partial charge is 0.230 e. The molecular formula is C16H22N2O. The Hall–Kier alpha value is -1.51. The third-order valence-corrected chi connectivity index (χ3v) is 4.36. The second kappa shape index (κ2) is 4.87. The number of benzene rings is 1. The van der Waals surface area contributed by atoms with E-state index in [4.69, 9.17) is 0 Å². The van der Waals surface area contributed by atoms with Gasteiger partial charge >= 0.3 is 0 Å². The molecule has 19 heavy (non-hydrogen) atoms. The van der Waals surface area contributed by atoms with E-state index in [1.807, 2.05) is 12.1 Å². The molecule has 3 rings (SSSR count). The number of amides is 1. The van der Waals surface area contributed by atoms with E-state index in [1.54, 1.807) is 0 Å². The highest BCUT2D eigenvalue weighted by Crippen LogP contribution is 2.36. The van der Waals surface area contributed by atoms with Gasteiger partial charge in [-0.15, -0.1) is 0 Å². The van der Waals surface area contributed by atoms with Gasteiger partial charge in [0, 0.05) is 24.8 Å². The fourth-order valence-electron chi connectivity index (χ4n) is 3.33. The van der Waals surface area contributed by atoms with Crippen molar-refractivity contribution in [1.29, 1.82) is 0 Å². The van der Waals surface area contributed by atoms with Crippen LogP contribution in [0.1, 0.15) is 38.2 Å². The SMILES string of the molecule is CC1CCN(C(=O)C2CC(C)Nc3ccccc32)C1. The lowest BCUT2D eigenvalue weighted by Gasteiger charge is -2.33. The number of nitrogens with one attached hydrogen (secondary N) is 1. The van der Waals surface area contributed by atoms with Crippen molar-refractivity contribution in [3.05, 3.63) is 29.8 Å². The van der Waals surface area contributed by atoms with Crippen LogP contribution in [0.3, 0.4) is 0 Å². The Bertz CT molecular complexity index is 485. The number of carbonyl (C=O) groups excluding carboxylic acids is 1. The van der Waals surface area contributed by atoms with Crippen molar-refractivity contribution in [2.75, 3.05) is 18.4 Å². The fourth-order valence-corrected chi connectivity index (χ4v) is 3.33. The Balaban J connectivity index is 1.86. The van der Waals surface area contributed by atoms with Crippen LogP contribution in [-0.4, -0.2) is 29.9 Å². The molecule has 2 aliphatic rings. The molecule has 3 unspecified atom stereocenters. The summed E-state index contributed by atoms with van der Waals surface area (Å²) in [5.41, 5.74) is 2.30. The van der Waals surface area contributed by atoms with Crippen LogP contribution in [0.4, 0.5) is 5.69 Å². The Morgan fingerprint density at radius 2 is 2.11 bits per heavy atom. The topological polar surface area (TPSA) is 32.3 Å². The number of hydrogen-bond acceptors (Lipinski definition) is 2. The normalized spacial score (nSPS) is 29.8. The number of nitrogens with zero attached hydrogens (tertiary/aromatic N) is 1. The van der Waals surface area contributed by atoms with Gasteiger partial charge in [0.05, 0.1) is 5.92 Å². The highest BCUT2D eigenvalue weighted by Gasteiger charge is 2.34. The molecule has 3 nitrogen and oxygen atoms in total. The first-order valence-corrected chi connectivity index (χ1v) is 7.29. The van der Waals surface area contributed by atoms with Gasteiger partial charge in [0.15, 0.2) is 0 Å². The van der Waals surface area contributed by atoms with Gasteiger partial charge in [0.2, 0.25) is 5.91 Å². The summed E-state index contributed by atoms with van der Waals surface area (Å²) in [5.74, 6) is 1.02. The Kier molecular flexibility index (Phi) is 3.21. The molecule has 1 amide bonds. The molecule has 1 aromatic rings. The van der Waals surface area contributed by atoms with Crippen molar-refractivity contribution >= 4 is 11.6 Å². The van der Waals surface area contributed by atoms with Crippen LogP contribution < -0.4 is 5.32 Å². The number of carbonyl (C=O) groups is 1. The lowest BCUT2D eigenvalue weighted by molar-refractivity contribution is -0.132. The van der Waals surface area contributed by atoms with Crippen LogP contribution >= 0.6 is 0 Å². The summed E-state index contributed by atoms with van der Waals surface area (Å²) in [6.07, 6.45) is 2.05. The number of rotatable bonds is 1. The number of para-hydroxylation sites is 1. The molecule has 0 saturated carbocycles. The fraction of sp³-hybridized carbons (Fsp3) is 0.562. The number of fused-ring (bicyclic) bond motifs is 1. The lowest BCUT2D eigenvalue weighted by atomic mass is 9.86. The maximum absolute atomic E-state index is 12.8. The second-order valence-corrected chi connectivity index (χ2v) is 6.10. The Labute approximate surface area is 115 Å². The van der Waals surface area contributed by atoms with Gasteiger partial charge in [-0.3, -0.25) is 4.79 Å². The van der Waals surface area contributed by atoms with Crippen LogP contribution in [0.15, 0.2) is 24.3 Å². The molecule has 0 spiro atoms. The third-order valence-electron chi connectivity index (χ3n) is 4.36. The lowest BCUT2D eigenvalue weighted by Crippen LogP contribution is -2.38. The quantitative estimate of drug-likeness (QED) is 0.840. The van der Waals surface area contributed by atoms with Crippen LogP contribution in [0.2, 0.25) is 0 Å². The van der Waals surface area contributed by atoms with Crippen LogP contribution in [0.5, 0.6) is 0 Å². The van der Waals surface area contributed by atoms with Crippen molar-refractivity contribution in [2.45, 2.75) is 38.6 Å². The maximum atomic E-state index is 12.8. The number of hydrogen-bond donors (Lipinski definition) is 1. The summed E-state index contributed by atoms with van der Waals surface area (Å²) < 4.78 is 0. The largest absolute Gasteiger partial charge is 0.382 e. The highest BCUT2D eigenvalue weighted by atomic mass is 16.2. The van der Waals surface area contributed by atoms with E-state index >= 15 is 0 Å². The van der Waals surface area contributed by atoms with E-state index in [0.29, 0.717) is 17.9 Å². The first-order chi connectivity index (χ1) is 9.15. The van der Waals surface area contributed by atoms with Crippen molar-refractivity contribution in [1.82, 2.24) is 4.90 Å². The van der Waals surface area contributed by atoms with E-state index in [0.717, 1.165) is 31.6 Å². The van der Waals surface area contributed by atoms with Gasteiger partial charge in [-0.25, -0.2) is 0 Å². The van der Waals surface area contributed by atoms with Crippen molar-refractivity contribution in [2.24, 2.45) is 5.92 Å². The summed E-state index contributed by atoms with van der Waals surface area (Å²) in [4.78, 5) is 14.8. The molecule has 3 heteroatoms. The van der Waals surface area contributed by atoms with E-state index < -0.39 is 0 Å². The zero-order valence-corrected chi connectivity index (χ0v) is 11.7. The van der Waals surface area contributed by atoms with Crippen LogP contribution in [0, 0.1) is 5.92 Å². The van der Waals surface area contributed by atoms with E-state index in [9.17, 15) is 4.79 Å². The van der Waals surface area contributed by atoms with Crippen molar-refractivity contribution in [3.8, 4) is 0 Å². The summed E-state index contributed by atoms with van der Waals surface area (Å²) >= 11 is 0. The van der Waals surface area contributed by atoms with Crippen molar-refractivity contribution in [3.63, 3.8) is 0 Å². The molecule has 1 N–H and O–H groups in total. The van der Waals surface area contributed by atoms with Crippen LogP contribution in [0.25, 0.3) is 0 Å². The van der Waals surface area contributed by atoms with E-state index in [2.05, 4.69) is 36.2 Å². The monoisotopic (exact) mass is 258 g/mol. The van der Waals surface area contributed by atoms with Gasteiger partial charge < -0.3 is 10.2 Å². The van der Waals surface area contributed by atoms with Gasteiger partial charge in [-0.2, -0.15) is 0 Å². The molecule has 0 radical (unpaired) electrons. The molecular weight excluding hydrogens is 236 g/mol. The Morgan fingerprint density at radius 1 is 1.32 bits per heavy atom. The molecule has 1 aromatic carbocycles. The van der Waals surface area contributed by atoms with Gasteiger partial charge in [0.25, 0.3) is 0 Å². The average Bonchev–Trinajstić information content (AvgIpc) is 2.83. The van der Waals surface area contributed by atoms with Gasteiger partial charge in [-0.1, -0.05) is 25.1 Å². The molecule has 0 aliphatic carbocycles. The molecule has 3 atom stereocenters.